The van der Waals surface area contributed by atoms with Crippen LogP contribution in [0.5, 0.6) is 5.75 Å². The molecular weight excluding hydrogens is 447 g/mol. The van der Waals surface area contributed by atoms with Crippen LogP contribution in [0, 0.1) is 5.92 Å². The van der Waals surface area contributed by atoms with Crippen molar-refractivity contribution in [3.8, 4) is 5.75 Å². The molecule has 34 heavy (non-hydrogen) atoms. The highest BCUT2D eigenvalue weighted by Gasteiger charge is 2.44. The molecule has 9 heteroatoms. The first kappa shape index (κ1) is 22.8. The first-order chi connectivity index (χ1) is 16.4. The van der Waals surface area contributed by atoms with Crippen molar-refractivity contribution in [1.82, 2.24) is 4.90 Å². The second-order valence-electron chi connectivity index (χ2n) is 8.97. The maximum atomic E-state index is 13.6. The van der Waals surface area contributed by atoms with Gasteiger partial charge in [-0.25, -0.2) is 0 Å². The number of piperazine rings is 1. The summed E-state index contributed by atoms with van der Waals surface area (Å²) in [5, 5.41) is 0. The van der Waals surface area contributed by atoms with Gasteiger partial charge in [0.05, 0.1) is 43.5 Å². The Morgan fingerprint density at radius 2 is 1.79 bits per heavy atom. The summed E-state index contributed by atoms with van der Waals surface area (Å²) in [5.41, 5.74) is 1.67. The molecule has 3 heterocycles. The van der Waals surface area contributed by atoms with E-state index in [1.165, 1.54) is 6.07 Å². The van der Waals surface area contributed by atoms with E-state index in [0.717, 1.165) is 23.2 Å². The number of anilines is 2. The molecule has 0 spiro atoms. The lowest BCUT2D eigenvalue weighted by Gasteiger charge is -2.50. The molecule has 2 fully saturated rings. The van der Waals surface area contributed by atoms with E-state index >= 15 is 0 Å². The Kier molecular flexibility index (Phi) is 6.06. The number of morpholine rings is 1. The number of amides is 1. The van der Waals surface area contributed by atoms with Crippen LogP contribution < -0.4 is 14.5 Å². The van der Waals surface area contributed by atoms with Crippen LogP contribution in [0.3, 0.4) is 0 Å². The van der Waals surface area contributed by atoms with E-state index in [-0.39, 0.29) is 18.4 Å². The normalized spacial score (nSPS) is 22.8. The number of carbonyl (C=O) groups is 1. The SMILES string of the molecule is COc1ccccc1N1CCN2c3ccc(C(F)(F)F)cc3CC(C(=O)N3CCOCC3)C2C1. The molecule has 2 saturated heterocycles. The molecule has 0 bridgehead atoms. The number of ether oxygens (including phenoxy) is 2. The van der Waals surface area contributed by atoms with E-state index in [2.05, 4.69) is 9.80 Å². The van der Waals surface area contributed by atoms with E-state index in [0.29, 0.717) is 51.5 Å². The summed E-state index contributed by atoms with van der Waals surface area (Å²) in [5.74, 6) is 0.313. The highest BCUT2D eigenvalue weighted by Crippen LogP contribution is 2.41. The average molecular weight is 476 g/mol. The van der Waals surface area contributed by atoms with Gasteiger partial charge in [0.1, 0.15) is 5.75 Å². The standard InChI is InChI=1S/C25H28F3N3O3/c1-33-23-5-3-2-4-21(23)30-8-9-31-20-7-6-18(25(26,27)28)14-17(20)15-19(22(31)16-30)24(32)29-10-12-34-13-11-29/h2-7,14,19,22H,8-13,15-16H2,1H3. The molecule has 5 rings (SSSR count). The minimum absolute atomic E-state index is 0.0109. The first-order valence-corrected chi connectivity index (χ1v) is 11.6. The van der Waals surface area contributed by atoms with Gasteiger partial charge in [-0.2, -0.15) is 13.2 Å². The van der Waals surface area contributed by atoms with Gasteiger partial charge in [-0.15, -0.1) is 0 Å². The van der Waals surface area contributed by atoms with Crippen LogP contribution in [0.25, 0.3) is 0 Å². The largest absolute Gasteiger partial charge is 0.495 e. The van der Waals surface area contributed by atoms with Gasteiger partial charge in [0.25, 0.3) is 0 Å². The molecule has 2 aromatic rings. The molecule has 182 valence electrons. The summed E-state index contributed by atoms with van der Waals surface area (Å²) >= 11 is 0. The summed E-state index contributed by atoms with van der Waals surface area (Å²) in [6, 6.07) is 11.6. The van der Waals surface area contributed by atoms with Crippen LogP contribution in [-0.2, 0) is 22.1 Å². The fraction of sp³-hybridized carbons (Fsp3) is 0.480. The molecule has 3 aliphatic rings. The van der Waals surface area contributed by atoms with Crippen LogP contribution in [0.1, 0.15) is 11.1 Å². The fourth-order valence-corrected chi connectivity index (χ4v) is 5.41. The van der Waals surface area contributed by atoms with E-state index in [4.69, 9.17) is 9.47 Å². The third-order valence-electron chi connectivity index (χ3n) is 7.10. The van der Waals surface area contributed by atoms with Gasteiger partial charge in [-0.3, -0.25) is 4.79 Å². The van der Waals surface area contributed by atoms with Gasteiger partial charge in [0.2, 0.25) is 5.91 Å². The summed E-state index contributed by atoms with van der Waals surface area (Å²) in [4.78, 5) is 19.8. The smallest absolute Gasteiger partial charge is 0.416 e. The number of fused-ring (bicyclic) bond motifs is 3. The van der Waals surface area contributed by atoms with Crippen molar-refractivity contribution in [2.45, 2.75) is 18.6 Å². The number of halogens is 3. The Morgan fingerprint density at radius 1 is 1.03 bits per heavy atom. The van der Waals surface area contributed by atoms with E-state index in [1.807, 2.05) is 24.3 Å². The van der Waals surface area contributed by atoms with E-state index in [9.17, 15) is 18.0 Å². The monoisotopic (exact) mass is 475 g/mol. The molecule has 2 aromatic carbocycles. The highest BCUT2D eigenvalue weighted by atomic mass is 19.4. The van der Waals surface area contributed by atoms with Crippen molar-refractivity contribution < 1.29 is 27.4 Å². The van der Waals surface area contributed by atoms with Crippen molar-refractivity contribution in [2.24, 2.45) is 5.92 Å². The van der Waals surface area contributed by atoms with Gasteiger partial charge in [-0.05, 0) is 42.3 Å². The number of hydrogen-bond acceptors (Lipinski definition) is 5. The van der Waals surface area contributed by atoms with Crippen molar-refractivity contribution in [2.75, 3.05) is 62.8 Å². The fourth-order valence-electron chi connectivity index (χ4n) is 5.41. The predicted octanol–water partition coefficient (Wildman–Crippen LogP) is 3.44. The minimum atomic E-state index is -4.42. The Bertz CT molecular complexity index is 1060. The van der Waals surface area contributed by atoms with Crippen LogP contribution in [-0.4, -0.2) is 69.9 Å². The summed E-state index contributed by atoms with van der Waals surface area (Å²) in [6.07, 6.45) is -4.13. The number of para-hydroxylation sites is 2. The quantitative estimate of drug-likeness (QED) is 0.681. The second kappa shape index (κ2) is 9.02. The molecule has 6 nitrogen and oxygen atoms in total. The molecule has 1 amide bonds. The number of nitrogens with zero attached hydrogens (tertiary/aromatic N) is 3. The zero-order valence-electron chi connectivity index (χ0n) is 19.1. The average Bonchev–Trinajstić information content (AvgIpc) is 2.87. The molecule has 0 aromatic heterocycles. The van der Waals surface area contributed by atoms with Crippen molar-refractivity contribution >= 4 is 17.3 Å². The molecule has 0 saturated carbocycles. The number of methoxy groups -OCH3 is 1. The number of carbonyl (C=O) groups excluding carboxylic acids is 1. The first-order valence-electron chi connectivity index (χ1n) is 11.6. The minimum Gasteiger partial charge on any atom is -0.495 e. The van der Waals surface area contributed by atoms with E-state index < -0.39 is 17.7 Å². The van der Waals surface area contributed by atoms with Gasteiger partial charge in [-0.1, -0.05) is 12.1 Å². The molecule has 0 N–H and O–H groups in total. The van der Waals surface area contributed by atoms with Crippen molar-refractivity contribution in [3.63, 3.8) is 0 Å². The number of rotatable bonds is 3. The Morgan fingerprint density at radius 3 is 2.53 bits per heavy atom. The Hall–Kier alpha value is -2.94. The van der Waals surface area contributed by atoms with Crippen LogP contribution >= 0.6 is 0 Å². The lowest BCUT2D eigenvalue weighted by atomic mass is 9.82. The van der Waals surface area contributed by atoms with Crippen molar-refractivity contribution in [1.29, 1.82) is 0 Å². The van der Waals surface area contributed by atoms with Crippen LogP contribution in [0.15, 0.2) is 42.5 Å². The predicted molar refractivity (Wildman–Crippen MR) is 122 cm³/mol. The maximum Gasteiger partial charge on any atom is 0.416 e. The van der Waals surface area contributed by atoms with Gasteiger partial charge < -0.3 is 24.2 Å². The third-order valence-corrected chi connectivity index (χ3v) is 7.10. The van der Waals surface area contributed by atoms with Crippen LogP contribution in [0.2, 0.25) is 0 Å². The zero-order chi connectivity index (χ0) is 23.9. The molecular formula is C25H28F3N3O3. The second-order valence-corrected chi connectivity index (χ2v) is 8.97. The van der Waals surface area contributed by atoms with Crippen LogP contribution in [0.4, 0.5) is 24.5 Å². The number of benzene rings is 2. The topological polar surface area (TPSA) is 45.2 Å². The number of alkyl halides is 3. The Labute approximate surface area is 196 Å². The lowest BCUT2D eigenvalue weighted by Crippen LogP contribution is -2.62. The van der Waals surface area contributed by atoms with Gasteiger partial charge in [0.15, 0.2) is 0 Å². The lowest BCUT2D eigenvalue weighted by molar-refractivity contribution is -0.140. The zero-order valence-corrected chi connectivity index (χ0v) is 19.1. The highest BCUT2D eigenvalue weighted by molar-refractivity contribution is 5.83. The molecule has 2 atom stereocenters. The van der Waals surface area contributed by atoms with Gasteiger partial charge >= 0.3 is 6.18 Å². The number of hydrogen-bond donors (Lipinski definition) is 0. The Balaban J connectivity index is 1.50. The van der Waals surface area contributed by atoms with E-state index in [1.54, 1.807) is 18.1 Å². The molecule has 3 aliphatic heterocycles. The maximum absolute atomic E-state index is 13.6. The molecule has 2 unspecified atom stereocenters. The third kappa shape index (κ3) is 4.17. The molecule has 0 aliphatic carbocycles. The molecule has 0 radical (unpaired) electrons. The summed E-state index contributed by atoms with van der Waals surface area (Å²) in [6.45, 7) is 3.84. The summed E-state index contributed by atoms with van der Waals surface area (Å²) < 4.78 is 51.2. The van der Waals surface area contributed by atoms with Gasteiger partial charge in [0, 0.05) is 38.4 Å². The van der Waals surface area contributed by atoms with Crippen molar-refractivity contribution in [3.05, 3.63) is 53.6 Å². The summed E-state index contributed by atoms with van der Waals surface area (Å²) in [7, 11) is 1.63.